The van der Waals surface area contributed by atoms with Gasteiger partial charge in [-0.2, -0.15) is 0 Å². The molecule has 1 rings (SSSR count). The molecule has 1 aliphatic heterocycles. The maximum Gasteiger partial charge on any atom is 0.177 e. The van der Waals surface area contributed by atoms with Crippen LogP contribution in [0.2, 0.25) is 0 Å². The predicted molar refractivity (Wildman–Crippen MR) is 98.8 cm³/mol. The van der Waals surface area contributed by atoms with Gasteiger partial charge < -0.3 is 35.0 Å². The molecule has 0 aliphatic carbocycles. The molecule has 0 aromatic heterocycles. The van der Waals surface area contributed by atoms with Crippen molar-refractivity contribution in [2.24, 2.45) is 0 Å². The molecule has 1 saturated heterocycles. The number of hydrogen-bond acceptors (Lipinski definition) is 7. The first-order valence-corrected chi connectivity index (χ1v) is 6.71. The molecule has 0 amide bonds. The number of ether oxygens (including phenoxy) is 2. The quantitative estimate of drug-likeness (QED) is 0.433. The van der Waals surface area contributed by atoms with Crippen LogP contribution in [-0.4, -0.2) is 77.1 Å². The fraction of sp³-hybridized carbons (Fsp3) is 0.765. The van der Waals surface area contributed by atoms with Crippen LogP contribution in [0, 0.1) is 0 Å². The highest BCUT2D eigenvalue weighted by atomic mass is 16.7. The van der Waals surface area contributed by atoms with Crippen LogP contribution in [0.1, 0.15) is 35.1 Å². The Kier molecular flexibility index (Phi) is 38.9. The summed E-state index contributed by atoms with van der Waals surface area (Å²) < 4.78 is 10.4. The van der Waals surface area contributed by atoms with Crippen molar-refractivity contribution in [2.45, 2.75) is 53.6 Å². The van der Waals surface area contributed by atoms with Gasteiger partial charge in [0.15, 0.2) is 6.29 Å². The van der Waals surface area contributed by atoms with Crippen molar-refractivity contribution < 1.29 is 35.0 Å². The van der Waals surface area contributed by atoms with Gasteiger partial charge in [-0.15, -0.1) is 6.58 Å². The second-order valence-corrected chi connectivity index (χ2v) is 4.03. The molecule has 1 heterocycles. The zero-order chi connectivity index (χ0) is 16.5. The molecule has 5 N–H and O–H groups in total. The van der Waals surface area contributed by atoms with Crippen LogP contribution in [0.25, 0.3) is 0 Å². The van der Waals surface area contributed by atoms with Crippen LogP contribution in [0.5, 0.6) is 0 Å². The molecule has 0 radical (unpaired) electrons. The minimum atomic E-state index is -0.745. The van der Waals surface area contributed by atoms with E-state index in [1.165, 1.54) is 6.08 Å². The zero-order valence-electron chi connectivity index (χ0n) is 12.3. The Balaban J connectivity index is -0.0000000771. The molecular formula is C17H40O7. The Morgan fingerprint density at radius 1 is 1.04 bits per heavy atom. The lowest BCUT2D eigenvalue weighted by Crippen LogP contribution is -2.12. The first-order valence-electron chi connectivity index (χ1n) is 6.71. The summed E-state index contributed by atoms with van der Waals surface area (Å²) in [5, 5.41) is 40.9. The SMILES string of the molecule is C.C.C.C=CC1OCC(CCO)O1.C=CCO.OCCC(O)CO. The number of aliphatic hydroxyl groups excluding tert-OH is 5. The van der Waals surface area contributed by atoms with Crippen molar-refractivity contribution in [3.63, 3.8) is 0 Å². The highest BCUT2D eigenvalue weighted by molar-refractivity contribution is 4.78. The van der Waals surface area contributed by atoms with E-state index in [4.69, 9.17) is 35.0 Å². The van der Waals surface area contributed by atoms with Crippen LogP contribution in [0.3, 0.4) is 0 Å². The molecule has 150 valence electrons. The second-order valence-electron chi connectivity index (χ2n) is 4.03. The maximum absolute atomic E-state index is 8.52. The van der Waals surface area contributed by atoms with Crippen LogP contribution in [0.4, 0.5) is 0 Å². The molecule has 0 saturated carbocycles. The van der Waals surface area contributed by atoms with E-state index in [1.807, 2.05) is 0 Å². The van der Waals surface area contributed by atoms with Gasteiger partial charge in [-0.05, 0) is 18.9 Å². The monoisotopic (exact) mass is 356 g/mol. The summed E-state index contributed by atoms with van der Waals surface area (Å²) in [5.74, 6) is 0. The summed E-state index contributed by atoms with van der Waals surface area (Å²) in [4.78, 5) is 0. The van der Waals surface area contributed by atoms with Crippen molar-refractivity contribution in [1.82, 2.24) is 0 Å². The Bertz CT molecular complexity index is 237. The van der Waals surface area contributed by atoms with E-state index >= 15 is 0 Å². The lowest BCUT2D eigenvalue weighted by atomic mass is 10.3. The summed E-state index contributed by atoms with van der Waals surface area (Å²) in [7, 11) is 0. The molecule has 0 aromatic carbocycles. The lowest BCUT2D eigenvalue weighted by molar-refractivity contribution is -0.0229. The van der Waals surface area contributed by atoms with Gasteiger partial charge in [0.1, 0.15) is 0 Å². The van der Waals surface area contributed by atoms with E-state index in [0.29, 0.717) is 13.0 Å². The molecule has 24 heavy (non-hydrogen) atoms. The number of aliphatic hydroxyl groups is 5. The maximum atomic E-state index is 8.52. The van der Waals surface area contributed by atoms with E-state index < -0.39 is 6.10 Å². The zero-order valence-corrected chi connectivity index (χ0v) is 12.3. The van der Waals surface area contributed by atoms with Gasteiger partial charge in [-0.25, -0.2) is 0 Å². The average molecular weight is 357 g/mol. The summed E-state index contributed by atoms with van der Waals surface area (Å²) in [6, 6.07) is 0. The predicted octanol–water partition coefficient (Wildman–Crippen LogP) is 1.09. The second kappa shape index (κ2) is 27.1. The Labute approximate surface area is 147 Å². The third-order valence-corrected chi connectivity index (χ3v) is 2.22. The van der Waals surface area contributed by atoms with E-state index in [0.717, 1.165) is 0 Å². The van der Waals surface area contributed by atoms with Crippen LogP contribution < -0.4 is 0 Å². The highest BCUT2D eigenvalue weighted by Crippen LogP contribution is 2.13. The van der Waals surface area contributed by atoms with Crippen LogP contribution >= 0.6 is 0 Å². The van der Waals surface area contributed by atoms with Gasteiger partial charge in [0.05, 0.1) is 32.0 Å². The summed E-state index contributed by atoms with van der Waals surface area (Å²) in [6.07, 6.45) is 2.98. The minimum Gasteiger partial charge on any atom is -0.396 e. The van der Waals surface area contributed by atoms with Crippen molar-refractivity contribution >= 4 is 0 Å². The topological polar surface area (TPSA) is 120 Å². The Morgan fingerprint density at radius 2 is 1.58 bits per heavy atom. The molecule has 1 fully saturated rings. The molecule has 0 spiro atoms. The molecule has 3 atom stereocenters. The fourth-order valence-corrected chi connectivity index (χ4v) is 1.13. The Morgan fingerprint density at radius 3 is 1.83 bits per heavy atom. The number of hydrogen-bond donors (Lipinski definition) is 5. The third kappa shape index (κ3) is 23.5. The first kappa shape index (κ1) is 34.5. The van der Waals surface area contributed by atoms with Gasteiger partial charge in [0.2, 0.25) is 0 Å². The molecule has 3 unspecified atom stereocenters. The van der Waals surface area contributed by atoms with Gasteiger partial charge in [0, 0.05) is 13.2 Å². The molecule has 0 aromatic rings. The molecular weight excluding hydrogens is 316 g/mol. The average Bonchev–Trinajstić information content (AvgIpc) is 2.96. The molecule has 7 heteroatoms. The molecule has 7 nitrogen and oxygen atoms in total. The van der Waals surface area contributed by atoms with Gasteiger partial charge >= 0.3 is 0 Å². The van der Waals surface area contributed by atoms with Crippen molar-refractivity contribution in [2.75, 3.05) is 33.0 Å². The third-order valence-electron chi connectivity index (χ3n) is 2.22. The van der Waals surface area contributed by atoms with Crippen molar-refractivity contribution in [3.8, 4) is 0 Å². The fourth-order valence-electron chi connectivity index (χ4n) is 1.13. The normalized spacial score (nSPS) is 18.7. The van der Waals surface area contributed by atoms with E-state index in [-0.39, 0.29) is 67.5 Å². The van der Waals surface area contributed by atoms with Gasteiger partial charge in [0.25, 0.3) is 0 Å². The lowest BCUT2D eigenvalue weighted by Gasteiger charge is -2.05. The summed E-state index contributed by atoms with van der Waals surface area (Å²) in [6.45, 7) is 7.22. The van der Waals surface area contributed by atoms with Crippen LogP contribution in [0.15, 0.2) is 25.3 Å². The Hall–Kier alpha value is -0.800. The summed E-state index contributed by atoms with van der Waals surface area (Å²) in [5.41, 5.74) is 0. The summed E-state index contributed by atoms with van der Waals surface area (Å²) >= 11 is 0. The van der Waals surface area contributed by atoms with Gasteiger partial charge in [-0.3, -0.25) is 0 Å². The van der Waals surface area contributed by atoms with Crippen molar-refractivity contribution in [3.05, 3.63) is 25.3 Å². The van der Waals surface area contributed by atoms with Gasteiger partial charge in [-0.1, -0.05) is 34.9 Å². The van der Waals surface area contributed by atoms with E-state index in [1.54, 1.807) is 6.08 Å². The first-order chi connectivity index (χ1) is 10.1. The van der Waals surface area contributed by atoms with Crippen molar-refractivity contribution in [1.29, 1.82) is 0 Å². The standard InChI is InChI=1S/C7H12O3.C4H10O3.C3H6O.3CH4/c1-2-7-9-5-6(10-7)3-4-8;5-2-1-4(7)3-6;1-2-3-4;;;/h2,6-8H,1,3-5H2;4-7H,1-3H2;2,4H,1,3H2;3*1H4. The van der Waals surface area contributed by atoms with E-state index in [9.17, 15) is 0 Å². The molecule has 0 bridgehead atoms. The van der Waals surface area contributed by atoms with Crippen LogP contribution in [-0.2, 0) is 9.47 Å². The molecule has 1 aliphatic rings. The highest BCUT2D eigenvalue weighted by Gasteiger charge is 2.22. The number of rotatable bonds is 7. The minimum absolute atomic E-state index is 0. The largest absolute Gasteiger partial charge is 0.396 e. The van der Waals surface area contributed by atoms with E-state index in [2.05, 4.69) is 13.2 Å². The smallest absolute Gasteiger partial charge is 0.177 e.